The number of aliphatic hydroxyl groups is 1. The lowest BCUT2D eigenvalue weighted by atomic mass is 9.91. The summed E-state index contributed by atoms with van der Waals surface area (Å²) < 4.78 is 9.48. The molecule has 2 aliphatic rings. The number of alkyl halides is 3. The van der Waals surface area contributed by atoms with E-state index in [1.54, 1.807) is 45.0 Å². The normalized spacial score (nSPS) is 25.5. The lowest BCUT2D eigenvalue weighted by molar-refractivity contribution is -0.143. The molecule has 0 aliphatic carbocycles. The highest BCUT2D eigenvalue weighted by Crippen LogP contribution is 2.49. The molecular formula is C18H23Cl3N2O5. The summed E-state index contributed by atoms with van der Waals surface area (Å²) in [6.07, 6.45) is -1.23. The van der Waals surface area contributed by atoms with E-state index >= 15 is 0 Å². The van der Waals surface area contributed by atoms with Gasteiger partial charge in [0.05, 0.1) is 12.8 Å². The summed E-state index contributed by atoms with van der Waals surface area (Å²) in [5, 5.41) is 14.2. The molecule has 10 heteroatoms. The van der Waals surface area contributed by atoms with Gasteiger partial charge < -0.3 is 14.6 Å². The van der Waals surface area contributed by atoms with Gasteiger partial charge in [0.25, 0.3) is 0 Å². The predicted octanol–water partition coefficient (Wildman–Crippen LogP) is 3.48. The van der Waals surface area contributed by atoms with Crippen LogP contribution in [0.5, 0.6) is 0 Å². The second-order valence-electron chi connectivity index (χ2n) is 7.39. The first-order chi connectivity index (χ1) is 12.9. The van der Waals surface area contributed by atoms with Gasteiger partial charge >= 0.3 is 12.1 Å². The zero-order valence-electron chi connectivity index (χ0n) is 15.9. The number of halogens is 3. The van der Waals surface area contributed by atoms with Gasteiger partial charge in [-0.1, -0.05) is 53.0 Å². The van der Waals surface area contributed by atoms with Crippen LogP contribution in [0.2, 0.25) is 0 Å². The fraction of sp³-hybridized carbons (Fsp3) is 0.556. The van der Waals surface area contributed by atoms with E-state index in [1.165, 1.54) is 12.0 Å². The molecule has 2 aliphatic heterocycles. The standard InChI is InChI=1S/C17H22N2O5.CHCl3/c1-16(2,3)24-15(21)19-12-8-6-5-7-10(12)17(22)9-11(13(20)23-4)18-14(17)19;2-1(3)4/h5-8,11,14,18,22H,9H2,1-4H3;1H/t11-,14+,17+;/m0./s1. The lowest BCUT2D eigenvalue weighted by Crippen LogP contribution is -2.53. The Morgan fingerprint density at radius 3 is 2.39 bits per heavy atom. The lowest BCUT2D eigenvalue weighted by Gasteiger charge is -2.30. The fourth-order valence-corrected chi connectivity index (χ4v) is 3.35. The van der Waals surface area contributed by atoms with Crippen LogP contribution in [0.3, 0.4) is 0 Å². The van der Waals surface area contributed by atoms with Gasteiger partial charge in [-0.15, -0.1) is 0 Å². The third kappa shape index (κ3) is 4.83. The number of methoxy groups -OCH3 is 1. The summed E-state index contributed by atoms with van der Waals surface area (Å²) in [5.41, 5.74) is -0.866. The van der Waals surface area contributed by atoms with Crippen LogP contribution >= 0.6 is 34.8 Å². The SMILES string of the molecule is COC(=O)[C@@H]1C[C@@]2(O)c3ccccc3N(C(=O)OC(C)(C)C)[C@H]2N1.ClC(Cl)Cl. The Bertz CT molecular complexity index is 737. The molecule has 156 valence electrons. The molecule has 1 aromatic rings. The minimum absolute atomic E-state index is 0.126. The quantitative estimate of drug-likeness (QED) is 0.500. The molecule has 2 heterocycles. The highest BCUT2D eigenvalue weighted by Gasteiger charge is 2.59. The molecule has 0 spiro atoms. The Hall–Kier alpha value is -1.25. The molecule has 0 radical (unpaired) electrons. The van der Waals surface area contributed by atoms with E-state index in [-0.39, 0.29) is 6.42 Å². The van der Waals surface area contributed by atoms with E-state index in [0.717, 1.165) is 0 Å². The molecule has 3 rings (SSSR count). The van der Waals surface area contributed by atoms with Gasteiger partial charge in [-0.05, 0) is 26.8 Å². The predicted molar refractivity (Wildman–Crippen MR) is 108 cm³/mol. The Labute approximate surface area is 178 Å². The number of esters is 1. The van der Waals surface area contributed by atoms with E-state index in [2.05, 4.69) is 5.32 Å². The molecule has 7 nitrogen and oxygen atoms in total. The van der Waals surface area contributed by atoms with E-state index in [1.807, 2.05) is 0 Å². The molecule has 28 heavy (non-hydrogen) atoms. The van der Waals surface area contributed by atoms with E-state index < -0.39 is 39.8 Å². The third-order valence-corrected chi connectivity index (χ3v) is 4.29. The number of hydrogen-bond donors (Lipinski definition) is 2. The second kappa shape index (κ2) is 8.63. The summed E-state index contributed by atoms with van der Waals surface area (Å²) in [6.45, 7) is 5.33. The highest BCUT2D eigenvalue weighted by atomic mass is 35.6. The van der Waals surface area contributed by atoms with Gasteiger partial charge in [0.15, 0.2) is 4.30 Å². The number of hydrogen-bond acceptors (Lipinski definition) is 6. The minimum Gasteiger partial charge on any atom is -0.468 e. The number of amides is 1. The van der Waals surface area contributed by atoms with Crippen molar-refractivity contribution in [1.82, 2.24) is 5.32 Å². The summed E-state index contributed by atoms with van der Waals surface area (Å²) in [6, 6.07) is 6.40. The van der Waals surface area contributed by atoms with Gasteiger partial charge in [-0.25, -0.2) is 4.79 Å². The molecular weight excluding hydrogens is 431 g/mol. The van der Waals surface area contributed by atoms with Gasteiger partial charge in [-0.3, -0.25) is 15.0 Å². The van der Waals surface area contributed by atoms with Crippen molar-refractivity contribution in [3.63, 3.8) is 0 Å². The van der Waals surface area contributed by atoms with Crippen molar-refractivity contribution in [3.05, 3.63) is 29.8 Å². The van der Waals surface area contributed by atoms with E-state index in [4.69, 9.17) is 44.3 Å². The number of nitrogens with one attached hydrogen (secondary N) is 1. The molecule has 1 aromatic carbocycles. The number of fused-ring (bicyclic) bond motifs is 3. The van der Waals surface area contributed by atoms with Crippen molar-refractivity contribution in [2.24, 2.45) is 0 Å². The molecule has 2 N–H and O–H groups in total. The maximum atomic E-state index is 12.7. The number of carbonyl (C=O) groups is 2. The number of benzene rings is 1. The largest absolute Gasteiger partial charge is 0.468 e. The Balaban J connectivity index is 0.000000640. The summed E-state index contributed by atoms with van der Waals surface area (Å²) >= 11 is 14.4. The van der Waals surface area contributed by atoms with Crippen LogP contribution in [0.4, 0.5) is 10.5 Å². The highest BCUT2D eigenvalue weighted by molar-refractivity contribution is 6.63. The topological polar surface area (TPSA) is 88.1 Å². The monoisotopic (exact) mass is 452 g/mol. The number of para-hydroxylation sites is 1. The Morgan fingerprint density at radius 2 is 1.86 bits per heavy atom. The Morgan fingerprint density at radius 1 is 1.29 bits per heavy atom. The van der Waals surface area contributed by atoms with Crippen molar-refractivity contribution in [3.8, 4) is 0 Å². The average molecular weight is 454 g/mol. The van der Waals surface area contributed by atoms with Gasteiger partial charge in [-0.2, -0.15) is 0 Å². The maximum Gasteiger partial charge on any atom is 0.416 e. The number of carbonyl (C=O) groups excluding carboxylic acids is 2. The van der Waals surface area contributed by atoms with Crippen LogP contribution in [-0.4, -0.2) is 46.4 Å². The number of rotatable bonds is 1. The van der Waals surface area contributed by atoms with Crippen LogP contribution in [0.25, 0.3) is 0 Å². The molecule has 3 atom stereocenters. The van der Waals surface area contributed by atoms with Crippen LogP contribution in [0.1, 0.15) is 32.8 Å². The van der Waals surface area contributed by atoms with Gasteiger partial charge in [0.1, 0.15) is 23.4 Å². The maximum absolute atomic E-state index is 12.7. The van der Waals surface area contributed by atoms with Crippen molar-refractivity contribution in [2.75, 3.05) is 12.0 Å². The summed E-state index contributed by atoms with van der Waals surface area (Å²) in [4.78, 5) is 25.9. The third-order valence-electron chi connectivity index (χ3n) is 4.29. The first kappa shape index (κ1) is 23.0. The molecule has 0 unspecified atom stereocenters. The zero-order valence-corrected chi connectivity index (χ0v) is 18.2. The molecule has 0 saturated carbocycles. The minimum atomic E-state index is -1.37. The first-order valence-electron chi connectivity index (χ1n) is 8.51. The molecule has 0 bridgehead atoms. The molecule has 1 saturated heterocycles. The van der Waals surface area contributed by atoms with E-state index in [0.29, 0.717) is 11.3 Å². The average Bonchev–Trinajstić information content (AvgIpc) is 3.02. The van der Waals surface area contributed by atoms with Crippen LogP contribution < -0.4 is 10.2 Å². The van der Waals surface area contributed by atoms with Crippen LogP contribution in [0, 0.1) is 0 Å². The molecule has 0 aromatic heterocycles. The van der Waals surface area contributed by atoms with Crippen molar-refractivity contribution in [1.29, 1.82) is 0 Å². The van der Waals surface area contributed by atoms with Crippen LogP contribution in [0.15, 0.2) is 24.3 Å². The number of ether oxygens (including phenoxy) is 2. The van der Waals surface area contributed by atoms with Crippen molar-refractivity contribution >= 4 is 52.6 Å². The summed E-state index contributed by atoms with van der Waals surface area (Å²) in [7, 11) is 1.29. The second-order valence-corrected chi connectivity index (χ2v) is 9.37. The van der Waals surface area contributed by atoms with Gasteiger partial charge in [0, 0.05) is 12.0 Å². The zero-order chi connectivity index (χ0) is 21.3. The summed E-state index contributed by atoms with van der Waals surface area (Å²) in [5.74, 6) is -0.473. The number of nitrogens with zero attached hydrogens (tertiary/aromatic N) is 1. The molecule has 1 fully saturated rings. The Kier molecular flexibility index (Phi) is 7.10. The van der Waals surface area contributed by atoms with Crippen molar-refractivity contribution < 1.29 is 24.2 Å². The van der Waals surface area contributed by atoms with Crippen LogP contribution in [-0.2, 0) is 19.9 Å². The van der Waals surface area contributed by atoms with E-state index in [9.17, 15) is 14.7 Å². The first-order valence-corrected chi connectivity index (χ1v) is 9.82. The molecule has 1 amide bonds. The van der Waals surface area contributed by atoms with Gasteiger partial charge in [0.2, 0.25) is 0 Å². The fourth-order valence-electron chi connectivity index (χ4n) is 3.35. The van der Waals surface area contributed by atoms with Crippen molar-refractivity contribution in [2.45, 2.75) is 54.9 Å². The number of anilines is 1. The smallest absolute Gasteiger partial charge is 0.416 e.